The summed E-state index contributed by atoms with van der Waals surface area (Å²) in [5.74, 6) is 1.62. The zero-order valence-corrected chi connectivity index (χ0v) is 17.5. The fourth-order valence-corrected chi connectivity index (χ4v) is 3.57. The van der Waals surface area contributed by atoms with E-state index in [4.69, 9.17) is 16.3 Å². The normalized spacial score (nSPS) is 10.6. The van der Waals surface area contributed by atoms with Crippen LogP contribution in [0.5, 0.6) is 5.75 Å². The number of nitrogens with one attached hydrogen (secondary N) is 1. The van der Waals surface area contributed by atoms with Gasteiger partial charge in [0.05, 0.1) is 12.9 Å². The molecule has 1 N–H and O–H groups in total. The Balaban J connectivity index is 1.63. The summed E-state index contributed by atoms with van der Waals surface area (Å²) in [7, 11) is 1.62. The third-order valence-corrected chi connectivity index (χ3v) is 5.31. The molecule has 0 aliphatic rings. The Bertz CT molecular complexity index is 989. The highest BCUT2D eigenvalue weighted by molar-refractivity contribution is 7.99. The van der Waals surface area contributed by atoms with Gasteiger partial charge in [0.2, 0.25) is 5.91 Å². The summed E-state index contributed by atoms with van der Waals surface area (Å²) in [6.45, 7) is 4.78. The number of halogens is 1. The Morgan fingerprint density at radius 1 is 1.28 bits per heavy atom. The van der Waals surface area contributed by atoms with Crippen LogP contribution in [0.4, 0.5) is 0 Å². The van der Waals surface area contributed by atoms with Crippen LogP contribution in [0, 0.1) is 0 Å². The van der Waals surface area contributed by atoms with Crippen molar-refractivity contribution >= 4 is 29.3 Å². The van der Waals surface area contributed by atoms with Crippen LogP contribution in [-0.4, -0.2) is 33.5 Å². The summed E-state index contributed by atoms with van der Waals surface area (Å²) < 4.78 is 7.13. The molecule has 0 saturated carbocycles. The molecule has 0 radical (unpaired) electrons. The van der Waals surface area contributed by atoms with E-state index in [1.807, 2.05) is 53.1 Å². The Hall–Kier alpha value is -2.77. The molecule has 0 aliphatic carbocycles. The zero-order chi connectivity index (χ0) is 20.6. The number of hydrogen-bond acceptors (Lipinski definition) is 5. The minimum atomic E-state index is -0.0842. The molecular formula is C21H21ClN4O2S. The fraction of sp³-hybridized carbons (Fsp3) is 0.190. The third kappa shape index (κ3) is 5.62. The fourth-order valence-electron chi connectivity index (χ4n) is 2.67. The van der Waals surface area contributed by atoms with E-state index < -0.39 is 0 Å². The maximum atomic E-state index is 12.3. The number of carbonyl (C=O) groups is 1. The lowest BCUT2D eigenvalue weighted by molar-refractivity contribution is -0.118. The molecule has 0 unspecified atom stereocenters. The smallest absolute Gasteiger partial charge is 0.230 e. The molecule has 0 saturated heterocycles. The molecular weight excluding hydrogens is 408 g/mol. The Labute approximate surface area is 178 Å². The molecule has 0 aliphatic heterocycles. The number of ether oxygens (including phenoxy) is 1. The molecule has 1 heterocycles. The highest BCUT2D eigenvalue weighted by atomic mass is 35.5. The van der Waals surface area contributed by atoms with E-state index in [0.717, 1.165) is 16.9 Å². The molecule has 0 atom stereocenters. The summed E-state index contributed by atoms with van der Waals surface area (Å²) in [6.07, 6.45) is 1.77. The van der Waals surface area contributed by atoms with Gasteiger partial charge in [0.25, 0.3) is 0 Å². The van der Waals surface area contributed by atoms with Gasteiger partial charge in [-0.1, -0.05) is 41.6 Å². The van der Waals surface area contributed by atoms with Crippen molar-refractivity contribution in [2.45, 2.75) is 18.2 Å². The summed E-state index contributed by atoms with van der Waals surface area (Å²) >= 11 is 7.30. The number of nitrogens with zero attached hydrogens (tertiary/aromatic N) is 3. The summed E-state index contributed by atoms with van der Waals surface area (Å²) in [6, 6.07) is 15.0. The Morgan fingerprint density at radius 2 is 2.07 bits per heavy atom. The quantitative estimate of drug-likeness (QED) is 0.408. The van der Waals surface area contributed by atoms with Crippen molar-refractivity contribution in [3.8, 4) is 17.1 Å². The average molecular weight is 429 g/mol. The van der Waals surface area contributed by atoms with E-state index in [0.29, 0.717) is 29.1 Å². The first kappa shape index (κ1) is 21.0. The van der Waals surface area contributed by atoms with Gasteiger partial charge in [-0.05, 0) is 42.0 Å². The largest absolute Gasteiger partial charge is 0.497 e. The number of rotatable bonds is 9. The highest BCUT2D eigenvalue weighted by Gasteiger charge is 2.15. The summed E-state index contributed by atoms with van der Waals surface area (Å²) in [5.41, 5.74) is 1.88. The van der Waals surface area contributed by atoms with Crippen molar-refractivity contribution in [3.63, 3.8) is 0 Å². The van der Waals surface area contributed by atoms with Gasteiger partial charge in [0, 0.05) is 23.7 Å². The zero-order valence-electron chi connectivity index (χ0n) is 16.0. The van der Waals surface area contributed by atoms with Crippen molar-refractivity contribution in [2.75, 3.05) is 12.9 Å². The molecule has 2 aromatic carbocycles. The van der Waals surface area contributed by atoms with Crippen molar-refractivity contribution in [2.24, 2.45) is 0 Å². The molecule has 8 heteroatoms. The number of hydrogen-bond donors (Lipinski definition) is 1. The van der Waals surface area contributed by atoms with E-state index in [9.17, 15) is 4.79 Å². The van der Waals surface area contributed by atoms with E-state index >= 15 is 0 Å². The van der Waals surface area contributed by atoms with Crippen molar-refractivity contribution in [1.82, 2.24) is 20.1 Å². The summed E-state index contributed by atoms with van der Waals surface area (Å²) in [4.78, 5) is 12.3. The molecule has 0 bridgehead atoms. The van der Waals surface area contributed by atoms with Gasteiger partial charge in [-0.25, -0.2) is 0 Å². The van der Waals surface area contributed by atoms with Crippen LogP contribution in [-0.2, 0) is 17.9 Å². The van der Waals surface area contributed by atoms with E-state index in [2.05, 4.69) is 22.1 Å². The average Bonchev–Trinajstić information content (AvgIpc) is 3.14. The second kappa shape index (κ2) is 10.1. The number of thioether (sulfide) groups is 1. The molecule has 150 valence electrons. The van der Waals surface area contributed by atoms with E-state index in [1.165, 1.54) is 11.8 Å². The lowest BCUT2D eigenvalue weighted by Gasteiger charge is -2.09. The molecule has 3 rings (SSSR count). The molecule has 1 aromatic heterocycles. The topological polar surface area (TPSA) is 69.0 Å². The minimum Gasteiger partial charge on any atom is -0.497 e. The maximum absolute atomic E-state index is 12.3. The van der Waals surface area contributed by atoms with Crippen LogP contribution in [0.1, 0.15) is 5.56 Å². The van der Waals surface area contributed by atoms with Gasteiger partial charge in [0.15, 0.2) is 11.0 Å². The lowest BCUT2D eigenvalue weighted by Crippen LogP contribution is -2.24. The van der Waals surface area contributed by atoms with E-state index in [1.54, 1.807) is 13.2 Å². The number of benzene rings is 2. The SMILES string of the molecule is C=CCn1c(SCC(=O)NCc2cccc(OC)c2)nnc1-c1ccc(Cl)cc1. The number of allylic oxidation sites excluding steroid dienone is 1. The van der Waals surface area contributed by atoms with Crippen molar-refractivity contribution in [3.05, 3.63) is 71.8 Å². The maximum Gasteiger partial charge on any atom is 0.230 e. The third-order valence-electron chi connectivity index (χ3n) is 4.09. The van der Waals surface area contributed by atoms with Crippen molar-refractivity contribution in [1.29, 1.82) is 0 Å². The minimum absolute atomic E-state index is 0.0842. The van der Waals surface area contributed by atoms with Gasteiger partial charge in [-0.3, -0.25) is 9.36 Å². The Kier molecular flexibility index (Phi) is 7.32. The first-order valence-corrected chi connectivity index (χ1v) is 10.3. The van der Waals surface area contributed by atoms with Crippen LogP contribution in [0.2, 0.25) is 5.02 Å². The number of amides is 1. The lowest BCUT2D eigenvalue weighted by atomic mass is 10.2. The first-order valence-electron chi connectivity index (χ1n) is 8.93. The standard InChI is InChI=1S/C21H21ClN4O2S/c1-3-11-26-20(16-7-9-17(22)10-8-16)24-25-21(26)29-14-19(27)23-13-15-5-4-6-18(12-15)28-2/h3-10,12H,1,11,13-14H2,2H3,(H,23,27). The van der Waals surface area contributed by atoms with Crippen molar-refractivity contribution < 1.29 is 9.53 Å². The molecule has 1 amide bonds. The van der Waals surface area contributed by atoms with Gasteiger partial charge >= 0.3 is 0 Å². The molecule has 0 spiro atoms. The van der Waals surface area contributed by atoms with Crippen LogP contribution in [0.25, 0.3) is 11.4 Å². The summed E-state index contributed by atoms with van der Waals surface area (Å²) in [5, 5.41) is 12.8. The van der Waals surface area contributed by atoms with Gasteiger partial charge in [-0.2, -0.15) is 0 Å². The first-order chi connectivity index (χ1) is 14.1. The number of aromatic nitrogens is 3. The predicted molar refractivity (Wildman–Crippen MR) is 116 cm³/mol. The number of carbonyl (C=O) groups excluding carboxylic acids is 1. The molecule has 0 fully saturated rings. The predicted octanol–water partition coefficient (Wildman–Crippen LogP) is 4.20. The molecule has 29 heavy (non-hydrogen) atoms. The van der Waals surface area contributed by atoms with Crippen LogP contribution in [0.3, 0.4) is 0 Å². The monoisotopic (exact) mass is 428 g/mol. The number of methoxy groups -OCH3 is 1. The molecule has 6 nitrogen and oxygen atoms in total. The van der Waals surface area contributed by atoms with Crippen LogP contribution in [0.15, 0.2) is 66.3 Å². The molecule has 3 aromatic rings. The van der Waals surface area contributed by atoms with Crippen LogP contribution >= 0.6 is 23.4 Å². The van der Waals surface area contributed by atoms with Gasteiger partial charge in [0.1, 0.15) is 5.75 Å². The second-order valence-corrected chi connectivity index (χ2v) is 7.51. The van der Waals surface area contributed by atoms with E-state index in [-0.39, 0.29) is 11.7 Å². The van der Waals surface area contributed by atoms with Gasteiger partial charge in [-0.15, -0.1) is 16.8 Å². The Morgan fingerprint density at radius 3 is 2.79 bits per heavy atom. The van der Waals surface area contributed by atoms with Gasteiger partial charge < -0.3 is 10.1 Å². The second-order valence-electron chi connectivity index (χ2n) is 6.13. The van der Waals surface area contributed by atoms with Crippen LogP contribution < -0.4 is 10.1 Å². The highest BCUT2D eigenvalue weighted by Crippen LogP contribution is 2.25.